The lowest BCUT2D eigenvalue weighted by atomic mass is 9.89. The normalized spacial score (nSPS) is 19.2. The lowest BCUT2D eigenvalue weighted by Gasteiger charge is -2.24. The van der Waals surface area contributed by atoms with E-state index in [0.717, 1.165) is 5.75 Å². The van der Waals surface area contributed by atoms with E-state index in [2.05, 4.69) is 28.5 Å². The average Bonchev–Trinajstić information content (AvgIpc) is 2.86. The Balaban J connectivity index is 1.99. The van der Waals surface area contributed by atoms with Crippen LogP contribution < -0.4 is 5.32 Å². The van der Waals surface area contributed by atoms with Gasteiger partial charge in [0.05, 0.1) is 6.20 Å². The second-order valence-corrected chi connectivity index (χ2v) is 5.68. The Morgan fingerprint density at radius 1 is 1.37 bits per heavy atom. The van der Waals surface area contributed by atoms with Crippen LogP contribution in [-0.2, 0) is 0 Å². The maximum atomic E-state index is 13.9. The lowest BCUT2D eigenvalue weighted by Crippen LogP contribution is -2.25. The minimum Gasteiger partial charge on any atom is -0.312 e. The first-order chi connectivity index (χ1) is 9.31. The third-order valence-electron chi connectivity index (χ3n) is 3.59. The van der Waals surface area contributed by atoms with E-state index in [4.69, 9.17) is 0 Å². The van der Waals surface area contributed by atoms with Gasteiger partial charge < -0.3 is 5.32 Å². The Morgan fingerprint density at radius 3 is 3.00 bits per heavy atom. The molecule has 1 aliphatic rings. The molecule has 2 heterocycles. The van der Waals surface area contributed by atoms with Crippen LogP contribution in [0.25, 0.3) is 0 Å². The molecule has 2 nitrogen and oxygen atoms in total. The van der Waals surface area contributed by atoms with Crippen molar-refractivity contribution < 1.29 is 4.39 Å². The number of likely N-dealkylation sites (N-methyl/N-ethyl adjacent to an activating group) is 1. The molecule has 0 bridgehead atoms. The summed E-state index contributed by atoms with van der Waals surface area (Å²) in [6.45, 7) is 0. The van der Waals surface area contributed by atoms with Gasteiger partial charge in [0.1, 0.15) is 5.82 Å². The second kappa shape index (κ2) is 5.31. The summed E-state index contributed by atoms with van der Waals surface area (Å²) in [6, 6.07) is 10.1. The first kappa shape index (κ1) is 12.6. The highest BCUT2D eigenvalue weighted by atomic mass is 32.2. The van der Waals surface area contributed by atoms with Crippen LogP contribution in [-0.4, -0.2) is 17.8 Å². The Labute approximate surface area is 116 Å². The fourth-order valence-electron chi connectivity index (χ4n) is 2.68. The van der Waals surface area contributed by atoms with Crippen LogP contribution in [0, 0.1) is 5.82 Å². The minimum atomic E-state index is -0.240. The van der Waals surface area contributed by atoms with Crippen molar-refractivity contribution in [3.8, 4) is 0 Å². The largest absolute Gasteiger partial charge is 0.312 e. The first-order valence-electron chi connectivity index (χ1n) is 6.29. The summed E-state index contributed by atoms with van der Waals surface area (Å²) in [5, 5.41) is 3.26. The summed E-state index contributed by atoms with van der Waals surface area (Å²) >= 11 is 1.84. The van der Waals surface area contributed by atoms with Gasteiger partial charge in [-0.2, -0.15) is 0 Å². The molecule has 2 unspecified atom stereocenters. The molecule has 2 aromatic rings. The average molecular weight is 274 g/mol. The summed E-state index contributed by atoms with van der Waals surface area (Å²) in [5.41, 5.74) is 2.00. The van der Waals surface area contributed by atoms with Crippen molar-refractivity contribution in [2.45, 2.75) is 16.9 Å². The number of aromatic nitrogens is 1. The zero-order chi connectivity index (χ0) is 13.2. The molecule has 4 heteroatoms. The molecular formula is C15H15FN2S. The molecule has 0 radical (unpaired) electrons. The number of benzene rings is 1. The van der Waals surface area contributed by atoms with Gasteiger partial charge in [0.15, 0.2) is 0 Å². The van der Waals surface area contributed by atoms with E-state index in [1.807, 2.05) is 24.9 Å². The van der Waals surface area contributed by atoms with Crippen LogP contribution in [0.3, 0.4) is 0 Å². The van der Waals surface area contributed by atoms with Crippen molar-refractivity contribution in [1.82, 2.24) is 10.3 Å². The van der Waals surface area contributed by atoms with Gasteiger partial charge in [0.2, 0.25) is 0 Å². The van der Waals surface area contributed by atoms with Gasteiger partial charge in [-0.1, -0.05) is 18.2 Å². The van der Waals surface area contributed by atoms with Crippen molar-refractivity contribution in [1.29, 1.82) is 0 Å². The highest BCUT2D eigenvalue weighted by molar-refractivity contribution is 7.99. The molecule has 1 aliphatic heterocycles. The molecule has 1 aromatic carbocycles. The molecule has 0 saturated carbocycles. The van der Waals surface area contributed by atoms with Crippen LogP contribution in [0.4, 0.5) is 4.39 Å². The molecule has 3 rings (SSSR count). The minimum absolute atomic E-state index is 0.0147. The fraction of sp³-hybridized carbons (Fsp3) is 0.267. The maximum absolute atomic E-state index is 13.9. The van der Waals surface area contributed by atoms with E-state index in [-0.39, 0.29) is 11.9 Å². The zero-order valence-corrected chi connectivity index (χ0v) is 11.5. The molecule has 19 heavy (non-hydrogen) atoms. The molecule has 0 aliphatic carbocycles. The lowest BCUT2D eigenvalue weighted by molar-refractivity contribution is 0.481. The number of hydrogen-bond acceptors (Lipinski definition) is 3. The monoisotopic (exact) mass is 274 g/mol. The first-order valence-corrected chi connectivity index (χ1v) is 7.28. The van der Waals surface area contributed by atoms with Crippen LogP contribution in [0.1, 0.15) is 23.1 Å². The van der Waals surface area contributed by atoms with Gasteiger partial charge in [-0.25, -0.2) is 4.39 Å². The van der Waals surface area contributed by atoms with Gasteiger partial charge in [-0.15, -0.1) is 11.8 Å². The molecule has 1 N–H and O–H groups in total. The van der Waals surface area contributed by atoms with Crippen LogP contribution in [0.15, 0.2) is 47.6 Å². The summed E-state index contributed by atoms with van der Waals surface area (Å²) in [6.07, 6.45) is 2.93. The number of halogens is 1. The molecular weight excluding hydrogens is 259 g/mol. The van der Waals surface area contributed by atoms with E-state index < -0.39 is 0 Å². The summed E-state index contributed by atoms with van der Waals surface area (Å²) < 4.78 is 13.9. The second-order valence-electron chi connectivity index (χ2n) is 4.62. The molecule has 2 atom stereocenters. The Bertz CT molecular complexity index is 588. The van der Waals surface area contributed by atoms with E-state index in [1.54, 1.807) is 12.3 Å². The Hall–Kier alpha value is -1.39. The highest BCUT2D eigenvalue weighted by Crippen LogP contribution is 2.45. The number of fused-ring (bicyclic) bond motifs is 1. The van der Waals surface area contributed by atoms with Crippen molar-refractivity contribution in [2.75, 3.05) is 12.8 Å². The van der Waals surface area contributed by atoms with E-state index in [1.165, 1.54) is 16.7 Å². The summed E-state index contributed by atoms with van der Waals surface area (Å²) in [4.78, 5) is 5.13. The van der Waals surface area contributed by atoms with Crippen LogP contribution in [0.2, 0.25) is 0 Å². The van der Waals surface area contributed by atoms with Gasteiger partial charge in [-0.05, 0) is 24.7 Å². The number of thioether (sulfide) groups is 1. The van der Waals surface area contributed by atoms with E-state index >= 15 is 0 Å². The van der Waals surface area contributed by atoms with Gasteiger partial charge in [0, 0.05) is 34.4 Å². The topological polar surface area (TPSA) is 24.9 Å². The number of rotatable bonds is 3. The van der Waals surface area contributed by atoms with Gasteiger partial charge in [-0.3, -0.25) is 4.98 Å². The maximum Gasteiger partial charge on any atom is 0.146 e. The Morgan fingerprint density at radius 2 is 2.21 bits per heavy atom. The number of nitrogens with zero attached hydrogens (tertiary/aromatic N) is 1. The van der Waals surface area contributed by atoms with Crippen LogP contribution in [0.5, 0.6) is 0 Å². The van der Waals surface area contributed by atoms with E-state index in [0.29, 0.717) is 11.5 Å². The van der Waals surface area contributed by atoms with Crippen molar-refractivity contribution in [2.24, 2.45) is 0 Å². The molecule has 98 valence electrons. The number of pyridine rings is 1. The number of nitrogens with one attached hydrogen (secondary N) is 1. The Kier molecular flexibility index (Phi) is 3.53. The summed E-state index contributed by atoms with van der Waals surface area (Å²) in [5.74, 6) is 1.03. The predicted octanol–water partition coefficient (Wildman–Crippen LogP) is 3.37. The third-order valence-corrected chi connectivity index (χ3v) is 4.80. The molecule has 0 saturated heterocycles. The predicted molar refractivity (Wildman–Crippen MR) is 75.9 cm³/mol. The highest BCUT2D eigenvalue weighted by Gasteiger charge is 2.31. The van der Waals surface area contributed by atoms with Crippen molar-refractivity contribution in [3.63, 3.8) is 0 Å². The fourth-order valence-corrected chi connectivity index (χ4v) is 3.97. The van der Waals surface area contributed by atoms with Crippen molar-refractivity contribution in [3.05, 3.63) is 59.7 Å². The van der Waals surface area contributed by atoms with Gasteiger partial charge in [0.25, 0.3) is 0 Å². The molecule has 1 aromatic heterocycles. The van der Waals surface area contributed by atoms with E-state index in [9.17, 15) is 4.39 Å². The quantitative estimate of drug-likeness (QED) is 0.929. The summed E-state index contributed by atoms with van der Waals surface area (Å²) in [7, 11) is 1.89. The van der Waals surface area contributed by atoms with Crippen molar-refractivity contribution >= 4 is 11.8 Å². The van der Waals surface area contributed by atoms with Crippen LogP contribution >= 0.6 is 11.8 Å². The standard InChI is InChI=1S/C15H15FN2S/c1-17-15(11-6-7-18-8-13(11)16)12-9-19-14-5-3-2-4-10(12)14/h2-8,12,15,17H,9H2,1H3. The number of hydrogen-bond donors (Lipinski definition) is 1. The molecule has 0 spiro atoms. The SMILES string of the molecule is CNC(c1ccncc1F)C1CSc2ccccc21. The van der Waals surface area contributed by atoms with Gasteiger partial charge >= 0.3 is 0 Å². The molecule has 0 fully saturated rings. The smallest absolute Gasteiger partial charge is 0.146 e. The third kappa shape index (κ3) is 2.26. The zero-order valence-electron chi connectivity index (χ0n) is 10.6. The molecule has 0 amide bonds.